The Balaban J connectivity index is 2.41. The molecular weight excluding hydrogens is 140 g/mol. The average Bonchev–Trinajstić information content (AvgIpc) is 2.74. The Hall–Kier alpha value is -0.570. The zero-order valence-corrected chi connectivity index (χ0v) is 7.21. The Bertz CT molecular complexity index is 148. The highest BCUT2D eigenvalue weighted by Crippen LogP contribution is 2.23. The zero-order chi connectivity index (χ0) is 8.27. The number of methoxy groups -OCH3 is 1. The Morgan fingerprint density at radius 3 is 2.73 bits per heavy atom. The summed E-state index contributed by atoms with van der Waals surface area (Å²) in [6.07, 6.45) is 3.32. The highest BCUT2D eigenvalue weighted by Gasteiger charge is 2.22. The van der Waals surface area contributed by atoms with Crippen molar-refractivity contribution in [3.8, 4) is 0 Å². The van der Waals surface area contributed by atoms with Crippen molar-refractivity contribution in [2.24, 2.45) is 10.7 Å². The van der Waals surface area contributed by atoms with E-state index in [2.05, 4.69) is 4.99 Å². The summed E-state index contributed by atoms with van der Waals surface area (Å²) in [6.45, 7) is 2.05. The topological polar surface area (TPSA) is 47.6 Å². The smallest absolute Gasteiger partial charge is 0.123 e. The van der Waals surface area contributed by atoms with Gasteiger partial charge < -0.3 is 10.5 Å². The van der Waals surface area contributed by atoms with E-state index in [0.717, 1.165) is 6.42 Å². The second kappa shape index (κ2) is 3.72. The molecule has 0 heterocycles. The van der Waals surface area contributed by atoms with Gasteiger partial charge in [-0.15, -0.1) is 0 Å². The molecule has 1 unspecified atom stereocenters. The van der Waals surface area contributed by atoms with E-state index in [4.69, 9.17) is 10.5 Å². The van der Waals surface area contributed by atoms with Crippen molar-refractivity contribution in [2.45, 2.75) is 38.3 Å². The van der Waals surface area contributed by atoms with Crippen molar-refractivity contribution < 1.29 is 4.74 Å². The standard InChI is InChI=1S/C8H16N2O/c1-3-7(11-2)8(9)10-6-4-5-6/h6-7H,3-5H2,1-2H3,(H2,9,10). The maximum Gasteiger partial charge on any atom is 0.123 e. The van der Waals surface area contributed by atoms with E-state index >= 15 is 0 Å². The quantitative estimate of drug-likeness (QED) is 0.486. The first-order valence-electron chi connectivity index (χ1n) is 4.13. The molecule has 0 aromatic heterocycles. The molecule has 1 rings (SSSR count). The lowest BCUT2D eigenvalue weighted by atomic mass is 10.2. The van der Waals surface area contributed by atoms with E-state index in [0.29, 0.717) is 11.9 Å². The molecule has 1 saturated carbocycles. The molecule has 1 atom stereocenters. The van der Waals surface area contributed by atoms with Crippen molar-refractivity contribution in [3.63, 3.8) is 0 Å². The average molecular weight is 156 g/mol. The Labute approximate surface area is 67.6 Å². The molecule has 0 bridgehead atoms. The molecule has 2 N–H and O–H groups in total. The molecule has 0 saturated heterocycles. The van der Waals surface area contributed by atoms with E-state index in [-0.39, 0.29) is 6.10 Å². The number of aliphatic imine (C=N–C) groups is 1. The van der Waals surface area contributed by atoms with Crippen LogP contribution in [0.2, 0.25) is 0 Å². The van der Waals surface area contributed by atoms with Crippen LogP contribution in [0.25, 0.3) is 0 Å². The molecular formula is C8H16N2O. The Kier molecular flexibility index (Phi) is 2.88. The molecule has 11 heavy (non-hydrogen) atoms. The van der Waals surface area contributed by atoms with Gasteiger partial charge in [0.25, 0.3) is 0 Å². The van der Waals surface area contributed by atoms with Crippen LogP contribution in [0.3, 0.4) is 0 Å². The third-order valence-electron chi connectivity index (χ3n) is 1.86. The van der Waals surface area contributed by atoms with Crippen LogP contribution in [0, 0.1) is 0 Å². The van der Waals surface area contributed by atoms with E-state index < -0.39 is 0 Å². The molecule has 3 nitrogen and oxygen atoms in total. The highest BCUT2D eigenvalue weighted by atomic mass is 16.5. The normalized spacial score (nSPS) is 21.8. The fourth-order valence-electron chi connectivity index (χ4n) is 0.994. The van der Waals surface area contributed by atoms with Crippen LogP contribution in [0.15, 0.2) is 4.99 Å². The number of hydrogen-bond acceptors (Lipinski definition) is 2. The first-order chi connectivity index (χ1) is 5.27. The predicted molar refractivity (Wildman–Crippen MR) is 45.7 cm³/mol. The van der Waals surface area contributed by atoms with Gasteiger partial charge in [0.05, 0.1) is 6.04 Å². The number of hydrogen-bond donors (Lipinski definition) is 1. The largest absolute Gasteiger partial charge is 0.385 e. The van der Waals surface area contributed by atoms with Gasteiger partial charge in [-0.1, -0.05) is 6.92 Å². The van der Waals surface area contributed by atoms with Gasteiger partial charge in [0.15, 0.2) is 0 Å². The summed E-state index contributed by atoms with van der Waals surface area (Å²) < 4.78 is 5.13. The van der Waals surface area contributed by atoms with Gasteiger partial charge in [-0.05, 0) is 19.3 Å². The lowest BCUT2D eigenvalue weighted by molar-refractivity contribution is 0.151. The maximum atomic E-state index is 5.70. The molecule has 0 radical (unpaired) electrons. The van der Waals surface area contributed by atoms with E-state index in [1.807, 2.05) is 6.92 Å². The van der Waals surface area contributed by atoms with Crippen LogP contribution in [0.1, 0.15) is 26.2 Å². The molecule has 0 aliphatic heterocycles. The van der Waals surface area contributed by atoms with E-state index in [9.17, 15) is 0 Å². The minimum Gasteiger partial charge on any atom is -0.385 e. The molecule has 0 aromatic carbocycles. The minimum absolute atomic E-state index is 0.0237. The summed E-state index contributed by atoms with van der Waals surface area (Å²) in [5.41, 5.74) is 5.70. The Morgan fingerprint density at radius 1 is 1.73 bits per heavy atom. The highest BCUT2D eigenvalue weighted by molar-refractivity contribution is 5.85. The molecule has 64 valence electrons. The SMILES string of the molecule is CCC(OC)C(N)=NC1CC1. The number of nitrogens with two attached hydrogens (primary N) is 1. The molecule has 3 heteroatoms. The monoisotopic (exact) mass is 156 g/mol. The molecule has 0 aromatic rings. The van der Waals surface area contributed by atoms with Gasteiger partial charge in [-0.25, -0.2) is 0 Å². The van der Waals surface area contributed by atoms with Crippen LogP contribution in [-0.4, -0.2) is 25.1 Å². The number of amidine groups is 1. The van der Waals surface area contributed by atoms with Gasteiger partial charge in [0, 0.05) is 7.11 Å². The first-order valence-corrected chi connectivity index (χ1v) is 4.13. The van der Waals surface area contributed by atoms with Gasteiger partial charge in [0.2, 0.25) is 0 Å². The van der Waals surface area contributed by atoms with Crippen LogP contribution < -0.4 is 5.73 Å². The fraction of sp³-hybridized carbons (Fsp3) is 0.875. The molecule has 0 amide bonds. The molecule has 1 aliphatic carbocycles. The second-order valence-corrected chi connectivity index (χ2v) is 2.92. The maximum absolute atomic E-state index is 5.70. The van der Waals surface area contributed by atoms with Crippen LogP contribution >= 0.6 is 0 Å². The third-order valence-corrected chi connectivity index (χ3v) is 1.86. The third kappa shape index (κ3) is 2.50. The fourth-order valence-corrected chi connectivity index (χ4v) is 0.994. The van der Waals surface area contributed by atoms with E-state index in [1.54, 1.807) is 7.11 Å². The van der Waals surface area contributed by atoms with Gasteiger partial charge in [-0.3, -0.25) is 4.99 Å². The van der Waals surface area contributed by atoms with E-state index in [1.165, 1.54) is 12.8 Å². The lowest BCUT2D eigenvalue weighted by Crippen LogP contribution is -2.30. The van der Waals surface area contributed by atoms with Crippen LogP contribution in [0.5, 0.6) is 0 Å². The van der Waals surface area contributed by atoms with Crippen molar-refractivity contribution in [3.05, 3.63) is 0 Å². The minimum atomic E-state index is 0.0237. The molecule has 1 aliphatic rings. The predicted octanol–water partition coefficient (Wildman–Crippen LogP) is 0.931. The zero-order valence-electron chi connectivity index (χ0n) is 7.21. The van der Waals surface area contributed by atoms with Gasteiger partial charge >= 0.3 is 0 Å². The number of ether oxygens (including phenoxy) is 1. The molecule has 0 spiro atoms. The van der Waals surface area contributed by atoms with Crippen LogP contribution in [-0.2, 0) is 4.74 Å². The van der Waals surface area contributed by atoms with Gasteiger partial charge in [0.1, 0.15) is 11.9 Å². The van der Waals surface area contributed by atoms with Crippen LogP contribution in [0.4, 0.5) is 0 Å². The van der Waals surface area contributed by atoms with Crippen molar-refractivity contribution >= 4 is 5.84 Å². The van der Waals surface area contributed by atoms with Crippen molar-refractivity contribution in [2.75, 3.05) is 7.11 Å². The van der Waals surface area contributed by atoms with Crippen molar-refractivity contribution in [1.82, 2.24) is 0 Å². The summed E-state index contributed by atoms with van der Waals surface area (Å²) in [7, 11) is 1.67. The number of nitrogens with zero attached hydrogens (tertiary/aromatic N) is 1. The summed E-state index contributed by atoms with van der Waals surface area (Å²) in [6, 6.07) is 0.499. The summed E-state index contributed by atoms with van der Waals surface area (Å²) in [5, 5.41) is 0. The first kappa shape index (κ1) is 8.53. The van der Waals surface area contributed by atoms with Crippen molar-refractivity contribution in [1.29, 1.82) is 0 Å². The second-order valence-electron chi connectivity index (χ2n) is 2.92. The lowest BCUT2D eigenvalue weighted by Gasteiger charge is -2.11. The summed E-state index contributed by atoms with van der Waals surface area (Å²) in [5.74, 6) is 0.664. The summed E-state index contributed by atoms with van der Waals surface area (Å²) >= 11 is 0. The Morgan fingerprint density at radius 2 is 2.36 bits per heavy atom. The summed E-state index contributed by atoms with van der Waals surface area (Å²) in [4.78, 5) is 4.30. The van der Waals surface area contributed by atoms with Gasteiger partial charge in [-0.2, -0.15) is 0 Å². The number of rotatable bonds is 4. The molecule has 1 fully saturated rings.